The van der Waals surface area contributed by atoms with Crippen molar-refractivity contribution in [1.82, 2.24) is 9.55 Å². The summed E-state index contributed by atoms with van der Waals surface area (Å²) in [4.78, 5) is 17.7. The van der Waals surface area contributed by atoms with E-state index in [2.05, 4.69) is 54.0 Å². The fourth-order valence-corrected chi connectivity index (χ4v) is 4.77. The largest absolute Gasteiger partial charge is 0.456 e. The van der Waals surface area contributed by atoms with Crippen molar-refractivity contribution in [2.45, 2.75) is 52.0 Å². The van der Waals surface area contributed by atoms with E-state index < -0.39 is 5.60 Å². The Bertz CT molecular complexity index is 1270. The quantitative estimate of drug-likeness (QED) is 0.199. The Morgan fingerprint density at radius 3 is 2.41 bits per heavy atom. The summed E-state index contributed by atoms with van der Waals surface area (Å²) >= 11 is 1.93. The number of hydrogen-bond donors (Lipinski definition) is 0. The van der Waals surface area contributed by atoms with Gasteiger partial charge >= 0.3 is 5.97 Å². The van der Waals surface area contributed by atoms with Gasteiger partial charge in [-0.2, -0.15) is 11.8 Å². The summed E-state index contributed by atoms with van der Waals surface area (Å²) in [6.07, 6.45) is 1.16. The maximum Gasteiger partial charge on any atom is 0.339 e. The van der Waals surface area contributed by atoms with Crippen LogP contribution in [0.5, 0.6) is 0 Å². The number of fused-ring (bicyclic) bond motifs is 1. The zero-order valence-corrected chi connectivity index (χ0v) is 21.2. The summed E-state index contributed by atoms with van der Waals surface area (Å²) < 4.78 is 7.94. The molecule has 0 amide bonds. The number of aromatic nitrogens is 2. The van der Waals surface area contributed by atoms with Crippen LogP contribution in [0.4, 0.5) is 0 Å². The molecular weight excluding hydrogens is 440 g/mol. The van der Waals surface area contributed by atoms with Gasteiger partial charge in [-0.05, 0) is 67.8 Å². The van der Waals surface area contributed by atoms with E-state index in [1.54, 1.807) is 0 Å². The first-order chi connectivity index (χ1) is 16.4. The molecule has 4 rings (SSSR count). The third-order valence-corrected chi connectivity index (χ3v) is 6.62. The van der Waals surface area contributed by atoms with Gasteiger partial charge in [0.15, 0.2) is 0 Å². The predicted octanol–water partition coefficient (Wildman–Crippen LogP) is 7.35. The monoisotopic (exact) mass is 472 g/mol. The van der Waals surface area contributed by atoms with E-state index in [0.717, 1.165) is 52.5 Å². The molecule has 1 aromatic heterocycles. The highest BCUT2D eigenvalue weighted by Gasteiger charge is 2.20. The number of hydrogen-bond acceptors (Lipinski definition) is 4. The van der Waals surface area contributed by atoms with Crippen molar-refractivity contribution in [3.05, 3.63) is 89.7 Å². The molecule has 3 aromatic carbocycles. The average Bonchev–Trinajstić information content (AvgIpc) is 3.16. The van der Waals surface area contributed by atoms with Crippen LogP contribution in [0.25, 0.3) is 22.2 Å². The van der Waals surface area contributed by atoms with E-state index in [1.807, 2.05) is 62.9 Å². The van der Waals surface area contributed by atoms with Gasteiger partial charge < -0.3 is 9.30 Å². The number of esters is 1. The molecule has 1 heterocycles. The van der Waals surface area contributed by atoms with Crippen LogP contribution >= 0.6 is 11.8 Å². The summed E-state index contributed by atoms with van der Waals surface area (Å²) in [6, 6.07) is 24.4. The number of carbonyl (C=O) groups excluding carboxylic acids is 1. The number of carbonyl (C=O) groups is 1. The van der Waals surface area contributed by atoms with Crippen LogP contribution in [0.1, 0.15) is 55.9 Å². The minimum atomic E-state index is -0.533. The molecule has 0 spiro atoms. The number of rotatable bonds is 8. The van der Waals surface area contributed by atoms with Gasteiger partial charge in [-0.15, -0.1) is 0 Å². The number of imidazole rings is 1. The van der Waals surface area contributed by atoms with E-state index >= 15 is 0 Å². The van der Waals surface area contributed by atoms with Gasteiger partial charge in [0.2, 0.25) is 0 Å². The first kappa shape index (κ1) is 24.1. The third-order valence-electron chi connectivity index (χ3n) is 5.46. The second kappa shape index (κ2) is 10.5. The number of para-hydroxylation sites is 2. The number of benzene rings is 3. The summed E-state index contributed by atoms with van der Waals surface area (Å²) in [6.45, 7) is 8.63. The topological polar surface area (TPSA) is 44.1 Å². The highest BCUT2D eigenvalue weighted by molar-refractivity contribution is 7.98. The minimum absolute atomic E-state index is 0.300. The fraction of sp³-hybridized carbons (Fsp3) is 0.310. The van der Waals surface area contributed by atoms with Crippen LogP contribution in [0, 0.1) is 0 Å². The lowest BCUT2D eigenvalue weighted by Gasteiger charge is -2.20. The highest BCUT2D eigenvalue weighted by atomic mass is 32.2. The molecule has 0 aliphatic rings. The lowest BCUT2D eigenvalue weighted by atomic mass is 9.98. The van der Waals surface area contributed by atoms with Gasteiger partial charge in [-0.1, -0.05) is 61.5 Å². The van der Waals surface area contributed by atoms with Gasteiger partial charge in [-0.3, -0.25) is 0 Å². The maximum atomic E-state index is 12.8. The Hall–Kier alpha value is -3.05. The molecule has 0 bridgehead atoms. The van der Waals surface area contributed by atoms with E-state index in [0.29, 0.717) is 5.56 Å². The number of nitrogens with zero attached hydrogens (tertiary/aromatic N) is 2. The Balaban J connectivity index is 1.60. The van der Waals surface area contributed by atoms with Crippen molar-refractivity contribution >= 4 is 28.8 Å². The van der Waals surface area contributed by atoms with Gasteiger partial charge in [-0.25, -0.2) is 9.78 Å². The second-order valence-electron chi connectivity index (χ2n) is 9.40. The van der Waals surface area contributed by atoms with Crippen LogP contribution in [-0.2, 0) is 17.0 Å². The third kappa shape index (κ3) is 5.71. The number of ether oxygens (including phenoxy) is 1. The van der Waals surface area contributed by atoms with Gasteiger partial charge in [0.25, 0.3) is 0 Å². The van der Waals surface area contributed by atoms with Crippen molar-refractivity contribution in [2.24, 2.45) is 0 Å². The van der Waals surface area contributed by atoms with Gasteiger partial charge in [0, 0.05) is 6.54 Å². The maximum absolute atomic E-state index is 12.8. The molecule has 4 aromatic rings. The van der Waals surface area contributed by atoms with Gasteiger partial charge in [0.05, 0.1) is 22.3 Å². The van der Waals surface area contributed by atoms with E-state index in [1.165, 1.54) is 5.56 Å². The van der Waals surface area contributed by atoms with E-state index in [4.69, 9.17) is 9.72 Å². The molecule has 0 aliphatic carbocycles. The van der Waals surface area contributed by atoms with Crippen LogP contribution in [0.3, 0.4) is 0 Å². The van der Waals surface area contributed by atoms with Crippen LogP contribution in [0.15, 0.2) is 72.8 Å². The molecule has 0 saturated carbocycles. The molecular formula is C29H32N2O2S. The second-order valence-corrected chi connectivity index (χ2v) is 10.5. The minimum Gasteiger partial charge on any atom is -0.456 e. The Kier molecular flexibility index (Phi) is 7.42. The van der Waals surface area contributed by atoms with Crippen LogP contribution < -0.4 is 0 Å². The normalized spacial score (nSPS) is 11.6. The molecule has 0 atom stereocenters. The molecule has 0 aliphatic heterocycles. The first-order valence-electron chi connectivity index (χ1n) is 11.8. The van der Waals surface area contributed by atoms with Gasteiger partial charge in [0.1, 0.15) is 11.4 Å². The molecule has 0 unspecified atom stereocenters. The Morgan fingerprint density at radius 2 is 1.68 bits per heavy atom. The summed E-state index contributed by atoms with van der Waals surface area (Å²) in [5.41, 5.74) is 5.33. The smallest absolute Gasteiger partial charge is 0.339 e. The highest BCUT2D eigenvalue weighted by Crippen LogP contribution is 2.27. The zero-order chi connectivity index (χ0) is 24.1. The number of thioether (sulfide) groups is 1. The predicted molar refractivity (Wildman–Crippen MR) is 142 cm³/mol. The SMILES string of the molecule is CCCSCc1nc2ccccc2n1Cc1ccc(-c2ccccc2C(=O)OC(C)(C)C)cc1. The lowest BCUT2D eigenvalue weighted by Crippen LogP contribution is -2.24. The molecule has 0 radical (unpaired) electrons. The molecule has 176 valence electrons. The van der Waals surface area contributed by atoms with Crippen molar-refractivity contribution in [3.8, 4) is 11.1 Å². The Morgan fingerprint density at radius 1 is 0.971 bits per heavy atom. The summed E-state index contributed by atoms with van der Waals surface area (Å²) in [5, 5.41) is 0. The average molecular weight is 473 g/mol. The zero-order valence-electron chi connectivity index (χ0n) is 20.4. The molecule has 34 heavy (non-hydrogen) atoms. The molecule has 0 fully saturated rings. The molecule has 0 saturated heterocycles. The first-order valence-corrected chi connectivity index (χ1v) is 12.9. The van der Waals surface area contributed by atoms with Crippen LogP contribution in [0.2, 0.25) is 0 Å². The van der Waals surface area contributed by atoms with Crippen molar-refractivity contribution in [2.75, 3.05) is 5.75 Å². The van der Waals surface area contributed by atoms with Crippen LogP contribution in [-0.4, -0.2) is 26.9 Å². The van der Waals surface area contributed by atoms with Crippen molar-refractivity contribution in [3.63, 3.8) is 0 Å². The van der Waals surface area contributed by atoms with Crippen molar-refractivity contribution < 1.29 is 9.53 Å². The Labute approximate surface area is 206 Å². The fourth-order valence-electron chi connectivity index (χ4n) is 3.94. The molecule has 0 N–H and O–H groups in total. The van der Waals surface area contributed by atoms with E-state index in [-0.39, 0.29) is 5.97 Å². The molecule has 5 heteroatoms. The summed E-state index contributed by atoms with van der Waals surface area (Å²) in [5.74, 6) is 2.85. The summed E-state index contributed by atoms with van der Waals surface area (Å²) in [7, 11) is 0. The standard InChI is InChI=1S/C29H32N2O2S/c1-5-18-34-20-27-30-25-12-8-9-13-26(25)31(27)19-21-14-16-22(17-15-21)23-10-6-7-11-24(23)28(32)33-29(2,3)4/h6-17H,5,18-20H2,1-4H3. The lowest BCUT2D eigenvalue weighted by molar-refractivity contribution is 0.00704. The van der Waals surface area contributed by atoms with E-state index in [9.17, 15) is 4.79 Å². The molecule has 4 nitrogen and oxygen atoms in total. The van der Waals surface area contributed by atoms with Crippen molar-refractivity contribution in [1.29, 1.82) is 0 Å².